The van der Waals surface area contributed by atoms with Crippen LogP contribution in [0.4, 0.5) is 0 Å². The number of rotatable bonds is 7. The molecule has 1 unspecified atom stereocenters. The number of amides is 1. The predicted octanol–water partition coefficient (Wildman–Crippen LogP) is 4.42. The zero-order valence-electron chi connectivity index (χ0n) is 21.1. The van der Waals surface area contributed by atoms with Crippen LogP contribution in [0.25, 0.3) is 0 Å². The first-order valence-corrected chi connectivity index (χ1v) is 12.3. The molecule has 0 aromatic heterocycles. The highest BCUT2D eigenvalue weighted by Gasteiger charge is 2.41. The molecule has 1 aliphatic heterocycles. The van der Waals surface area contributed by atoms with E-state index in [1.165, 1.54) is 0 Å². The smallest absolute Gasteiger partial charge is 0.309 e. The van der Waals surface area contributed by atoms with Gasteiger partial charge in [-0.1, -0.05) is 42.5 Å². The van der Waals surface area contributed by atoms with E-state index in [9.17, 15) is 14.7 Å². The number of piperidine rings is 1. The highest BCUT2D eigenvalue weighted by Crippen LogP contribution is 2.37. The zero-order chi connectivity index (χ0) is 24.9. The van der Waals surface area contributed by atoms with Crippen molar-refractivity contribution in [2.24, 2.45) is 5.92 Å². The van der Waals surface area contributed by atoms with Gasteiger partial charge < -0.3 is 14.7 Å². The van der Waals surface area contributed by atoms with Crippen LogP contribution in [0.15, 0.2) is 54.6 Å². The summed E-state index contributed by atoms with van der Waals surface area (Å²) in [6, 6.07) is 16.8. The van der Waals surface area contributed by atoms with Gasteiger partial charge in [0.25, 0.3) is 5.91 Å². The Morgan fingerprint density at radius 1 is 0.941 bits per heavy atom. The lowest BCUT2D eigenvalue weighted by atomic mass is 9.88. The number of nitrogens with zero attached hydrogens (tertiary/aromatic N) is 2. The fourth-order valence-electron chi connectivity index (χ4n) is 4.56. The monoisotopic (exact) mass is 466 g/mol. The second-order valence-electron chi connectivity index (χ2n) is 9.89. The van der Waals surface area contributed by atoms with Crippen LogP contribution < -0.4 is 0 Å². The van der Waals surface area contributed by atoms with Gasteiger partial charge in [0.1, 0.15) is 5.60 Å². The third-order valence-corrected chi connectivity index (χ3v) is 6.45. The van der Waals surface area contributed by atoms with Gasteiger partial charge in [-0.3, -0.25) is 14.5 Å². The highest BCUT2D eigenvalue weighted by atomic mass is 16.6. The lowest BCUT2D eigenvalue weighted by Gasteiger charge is -2.44. The molecule has 1 fully saturated rings. The van der Waals surface area contributed by atoms with E-state index in [2.05, 4.69) is 0 Å². The summed E-state index contributed by atoms with van der Waals surface area (Å²) < 4.78 is 5.58. The lowest BCUT2D eigenvalue weighted by Crippen LogP contribution is -2.51. The highest BCUT2D eigenvalue weighted by molar-refractivity contribution is 5.94. The second-order valence-corrected chi connectivity index (χ2v) is 9.89. The van der Waals surface area contributed by atoms with E-state index in [1.807, 2.05) is 82.0 Å². The molecular weight excluding hydrogens is 428 g/mol. The number of ether oxygens (including phenoxy) is 1. The van der Waals surface area contributed by atoms with Crippen molar-refractivity contribution >= 4 is 11.9 Å². The molecule has 2 aromatic carbocycles. The van der Waals surface area contributed by atoms with Gasteiger partial charge in [0.2, 0.25) is 0 Å². The van der Waals surface area contributed by atoms with Crippen LogP contribution in [0.5, 0.6) is 0 Å². The molecule has 1 aliphatic rings. The Morgan fingerprint density at radius 3 is 1.97 bits per heavy atom. The molecule has 1 saturated heterocycles. The van der Waals surface area contributed by atoms with Crippen molar-refractivity contribution in [1.29, 1.82) is 0 Å². The van der Waals surface area contributed by atoms with Gasteiger partial charge in [-0.05, 0) is 59.6 Å². The molecular formula is C28H38N2O4. The van der Waals surface area contributed by atoms with E-state index in [4.69, 9.17) is 4.74 Å². The molecule has 0 saturated carbocycles. The van der Waals surface area contributed by atoms with Crippen LogP contribution in [-0.4, -0.2) is 58.6 Å². The summed E-state index contributed by atoms with van der Waals surface area (Å²) in [6.07, 6.45) is 1.23. The largest absolute Gasteiger partial charge is 0.460 e. The number of carbonyl (C=O) groups excluding carboxylic acids is 2. The van der Waals surface area contributed by atoms with Gasteiger partial charge in [0.15, 0.2) is 5.72 Å². The summed E-state index contributed by atoms with van der Waals surface area (Å²) in [5.74, 6) is -0.364. The molecule has 1 atom stereocenters. The summed E-state index contributed by atoms with van der Waals surface area (Å²) in [5, 5.41) is 12.1. The Labute approximate surface area is 203 Å². The lowest BCUT2D eigenvalue weighted by molar-refractivity contribution is -0.164. The maximum Gasteiger partial charge on any atom is 0.309 e. The molecule has 0 aliphatic carbocycles. The van der Waals surface area contributed by atoms with Crippen LogP contribution in [0.3, 0.4) is 0 Å². The van der Waals surface area contributed by atoms with E-state index in [-0.39, 0.29) is 17.8 Å². The molecule has 3 rings (SSSR count). The number of esters is 1. The van der Waals surface area contributed by atoms with Crippen molar-refractivity contribution in [2.75, 3.05) is 26.2 Å². The fourth-order valence-corrected chi connectivity index (χ4v) is 4.56. The standard InChI is InChI=1S/C28H38N2O4/c1-6-29(7-2)25(31)21-13-15-24(16-14-21)28(33,23-11-9-8-10-12-23)30-19-17-22(18-20-30)26(32)34-27(3,4)5/h8-16,22,33H,6-7,17-20H2,1-5H3. The van der Waals surface area contributed by atoms with Crippen LogP contribution in [-0.2, 0) is 15.3 Å². The number of hydrogen-bond donors (Lipinski definition) is 1. The summed E-state index contributed by atoms with van der Waals surface area (Å²) in [4.78, 5) is 29.1. The normalized spacial score (nSPS) is 17.1. The van der Waals surface area contributed by atoms with Crippen LogP contribution in [0, 0.1) is 5.92 Å². The number of likely N-dealkylation sites (tertiary alicyclic amines) is 1. The first-order chi connectivity index (χ1) is 16.1. The molecule has 1 amide bonds. The molecule has 0 spiro atoms. The number of benzene rings is 2. The third kappa shape index (κ3) is 5.68. The van der Waals surface area contributed by atoms with Gasteiger partial charge in [0, 0.05) is 42.9 Å². The van der Waals surface area contributed by atoms with Gasteiger partial charge in [0.05, 0.1) is 5.92 Å². The topological polar surface area (TPSA) is 70.1 Å². The summed E-state index contributed by atoms with van der Waals surface area (Å²) in [5.41, 5.74) is 0.186. The SMILES string of the molecule is CCN(CC)C(=O)c1ccc(C(O)(c2ccccc2)N2CCC(C(=O)OC(C)(C)C)CC2)cc1. The fraction of sp³-hybridized carbons (Fsp3) is 0.500. The minimum atomic E-state index is -1.36. The zero-order valence-corrected chi connectivity index (χ0v) is 21.1. The van der Waals surface area contributed by atoms with Gasteiger partial charge in [-0.15, -0.1) is 0 Å². The van der Waals surface area contributed by atoms with Crippen LogP contribution in [0.2, 0.25) is 0 Å². The van der Waals surface area contributed by atoms with Crippen molar-refractivity contribution in [2.45, 2.75) is 58.8 Å². The van der Waals surface area contributed by atoms with Crippen molar-refractivity contribution < 1.29 is 19.4 Å². The van der Waals surface area contributed by atoms with Gasteiger partial charge >= 0.3 is 5.97 Å². The molecule has 6 nitrogen and oxygen atoms in total. The predicted molar refractivity (Wildman–Crippen MR) is 133 cm³/mol. The Morgan fingerprint density at radius 2 is 1.47 bits per heavy atom. The molecule has 6 heteroatoms. The molecule has 2 aromatic rings. The Balaban J connectivity index is 1.86. The number of carbonyl (C=O) groups is 2. The average Bonchev–Trinajstić information content (AvgIpc) is 2.84. The van der Waals surface area contributed by atoms with Gasteiger partial charge in [-0.25, -0.2) is 0 Å². The van der Waals surface area contributed by atoms with E-state index in [1.54, 1.807) is 17.0 Å². The first-order valence-electron chi connectivity index (χ1n) is 12.3. The maximum absolute atomic E-state index is 12.7. The van der Waals surface area contributed by atoms with Crippen molar-refractivity contribution in [3.8, 4) is 0 Å². The summed E-state index contributed by atoms with van der Waals surface area (Å²) in [6.45, 7) is 12.0. The second kappa shape index (κ2) is 10.7. The minimum absolute atomic E-state index is 0.0158. The van der Waals surface area contributed by atoms with Crippen molar-refractivity contribution in [1.82, 2.24) is 9.80 Å². The van der Waals surface area contributed by atoms with Crippen molar-refractivity contribution in [3.05, 3.63) is 71.3 Å². The Kier molecular flexibility index (Phi) is 8.16. The average molecular weight is 467 g/mol. The maximum atomic E-state index is 12.7. The molecule has 1 heterocycles. The first kappa shape index (κ1) is 25.9. The van der Waals surface area contributed by atoms with E-state index >= 15 is 0 Å². The Bertz CT molecular complexity index is 956. The van der Waals surface area contributed by atoms with Crippen LogP contribution in [0.1, 0.15) is 68.9 Å². The summed E-state index contributed by atoms with van der Waals surface area (Å²) in [7, 11) is 0. The quantitative estimate of drug-likeness (QED) is 0.612. The molecule has 34 heavy (non-hydrogen) atoms. The minimum Gasteiger partial charge on any atom is -0.460 e. The molecule has 184 valence electrons. The third-order valence-electron chi connectivity index (χ3n) is 6.45. The van der Waals surface area contributed by atoms with Crippen molar-refractivity contribution in [3.63, 3.8) is 0 Å². The number of hydrogen-bond acceptors (Lipinski definition) is 5. The summed E-state index contributed by atoms with van der Waals surface area (Å²) >= 11 is 0. The van der Waals surface area contributed by atoms with Crippen LogP contribution >= 0.6 is 0 Å². The van der Waals surface area contributed by atoms with Gasteiger partial charge in [-0.2, -0.15) is 0 Å². The Hall–Kier alpha value is -2.70. The van der Waals surface area contributed by atoms with E-state index in [0.717, 1.165) is 5.56 Å². The van der Waals surface area contributed by atoms with E-state index in [0.29, 0.717) is 50.1 Å². The number of aliphatic hydroxyl groups is 1. The molecule has 0 radical (unpaired) electrons. The van der Waals surface area contributed by atoms with E-state index < -0.39 is 11.3 Å². The molecule has 1 N–H and O–H groups in total. The molecule has 0 bridgehead atoms.